The number of rotatable bonds is 6. The van der Waals surface area contributed by atoms with Gasteiger partial charge in [0.25, 0.3) is 0 Å². The molecule has 0 bridgehead atoms. The highest BCUT2D eigenvalue weighted by molar-refractivity contribution is 6.31. The third-order valence-corrected chi connectivity index (χ3v) is 5.14. The fourth-order valence-electron chi connectivity index (χ4n) is 3.53. The summed E-state index contributed by atoms with van der Waals surface area (Å²) in [7, 11) is 0. The maximum absolute atomic E-state index is 12.5. The molecule has 1 aromatic heterocycles. The normalized spacial score (nSPS) is 16.7. The number of carbonyl (C=O) groups is 1. The molecule has 1 fully saturated rings. The number of nitrogens with one attached hydrogen (secondary N) is 1. The number of carbonyl (C=O) groups excluding carboxylic acids is 1. The summed E-state index contributed by atoms with van der Waals surface area (Å²) in [6, 6.07) is 7.58. The van der Waals surface area contributed by atoms with Crippen molar-refractivity contribution in [1.29, 1.82) is 0 Å². The van der Waals surface area contributed by atoms with Crippen LogP contribution >= 0.6 is 11.6 Å². The van der Waals surface area contributed by atoms with Gasteiger partial charge in [-0.3, -0.25) is 4.79 Å². The molecule has 128 valence electrons. The molecule has 0 radical (unpaired) electrons. The second-order valence-electron chi connectivity index (χ2n) is 6.61. The van der Waals surface area contributed by atoms with Crippen LogP contribution in [0.3, 0.4) is 0 Å². The molecular formula is C17H22ClN5O. The highest BCUT2D eigenvalue weighted by Crippen LogP contribution is 2.40. The molecule has 6 nitrogen and oxygen atoms in total. The first-order valence-electron chi connectivity index (χ1n) is 8.38. The molecular weight excluding hydrogens is 326 g/mol. The third kappa shape index (κ3) is 4.32. The molecule has 2 aromatic rings. The van der Waals surface area contributed by atoms with Gasteiger partial charge in [-0.15, -0.1) is 5.10 Å². The highest BCUT2D eigenvalue weighted by atomic mass is 35.5. The molecule has 3 rings (SSSR count). The third-order valence-electron chi connectivity index (χ3n) is 4.77. The minimum Gasteiger partial charge on any atom is -0.352 e. The minimum absolute atomic E-state index is 0.0573. The van der Waals surface area contributed by atoms with Crippen molar-refractivity contribution in [1.82, 2.24) is 25.5 Å². The lowest BCUT2D eigenvalue weighted by Gasteiger charge is -2.36. The maximum Gasteiger partial charge on any atom is 0.220 e. The maximum atomic E-state index is 12.5. The molecule has 1 aliphatic rings. The van der Waals surface area contributed by atoms with E-state index in [1.54, 1.807) is 11.0 Å². The predicted molar refractivity (Wildman–Crippen MR) is 91.3 cm³/mol. The molecule has 0 spiro atoms. The summed E-state index contributed by atoms with van der Waals surface area (Å²) >= 11 is 6.14. The summed E-state index contributed by atoms with van der Waals surface area (Å²) in [4.78, 5) is 12.5. The minimum atomic E-state index is -0.0573. The number of nitrogens with zero attached hydrogens (tertiary/aromatic N) is 4. The second-order valence-corrected chi connectivity index (χ2v) is 7.02. The molecule has 1 aliphatic carbocycles. The zero-order chi connectivity index (χ0) is 16.8. The van der Waals surface area contributed by atoms with E-state index in [1.165, 1.54) is 6.42 Å². The molecule has 1 saturated carbocycles. The van der Waals surface area contributed by atoms with Gasteiger partial charge < -0.3 is 5.32 Å². The van der Waals surface area contributed by atoms with E-state index in [4.69, 9.17) is 11.6 Å². The molecule has 0 aliphatic heterocycles. The molecule has 1 N–H and O–H groups in total. The van der Waals surface area contributed by atoms with Gasteiger partial charge in [0.2, 0.25) is 5.91 Å². The first-order chi connectivity index (χ1) is 11.7. The standard InChI is InChI=1S/C17H22ClN5O/c18-15-7-3-2-6-14(15)11-19-16(24)10-17(8-4-1-5-9-17)12-23-13-20-21-22-23/h2-3,6-7,13H,1,4-5,8-12H2,(H,19,24). The summed E-state index contributed by atoms with van der Waals surface area (Å²) < 4.78 is 1.74. The van der Waals surface area contributed by atoms with Gasteiger partial charge in [-0.25, -0.2) is 4.68 Å². The van der Waals surface area contributed by atoms with E-state index in [1.807, 2.05) is 24.3 Å². The van der Waals surface area contributed by atoms with E-state index in [2.05, 4.69) is 20.8 Å². The smallest absolute Gasteiger partial charge is 0.220 e. The monoisotopic (exact) mass is 347 g/mol. The first kappa shape index (κ1) is 16.9. The van der Waals surface area contributed by atoms with E-state index in [0.29, 0.717) is 24.5 Å². The average Bonchev–Trinajstić information content (AvgIpc) is 3.07. The Balaban J connectivity index is 1.61. The van der Waals surface area contributed by atoms with Gasteiger partial charge in [-0.05, 0) is 40.3 Å². The van der Waals surface area contributed by atoms with Gasteiger partial charge in [0.15, 0.2) is 0 Å². The van der Waals surface area contributed by atoms with Crippen LogP contribution in [0.25, 0.3) is 0 Å². The molecule has 1 aromatic carbocycles. The van der Waals surface area contributed by atoms with E-state index in [9.17, 15) is 4.79 Å². The summed E-state index contributed by atoms with van der Waals surface area (Å²) in [5.74, 6) is 0.0601. The second kappa shape index (κ2) is 7.75. The van der Waals surface area contributed by atoms with Crippen molar-refractivity contribution >= 4 is 17.5 Å². The Morgan fingerprint density at radius 1 is 1.25 bits per heavy atom. The Kier molecular flexibility index (Phi) is 5.45. The fraction of sp³-hybridized carbons (Fsp3) is 0.529. The van der Waals surface area contributed by atoms with Gasteiger partial charge in [0.05, 0.1) is 6.54 Å². The molecule has 0 unspecified atom stereocenters. The van der Waals surface area contributed by atoms with E-state index in [0.717, 1.165) is 31.2 Å². The van der Waals surface area contributed by atoms with Crippen molar-refractivity contribution in [2.75, 3.05) is 0 Å². The predicted octanol–water partition coefficient (Wildman–Crippen LogP) is 2.98. The van der Waals surface area contributed by atoms with Crippen molar-refractivity contribution in [3.8, 4) is 0 Å². The summed E-state index contributed by atoms with van der Waals surface area (Å²) in [6.07, 6.45) is 7.73. The van der Waals surface area contributed by atoms with Gasteiger partial charge in [0.1, 0.15) is 6.33 Å². The van der Waals surface area contributed by atoms with Crippen LogP contribution in [-0.4, -0.2) is 26.1 Å². The number of tetrazole rings is 1. The van der Waals surface area contributed by atoms with Crippen LogP contribution in [0, 0.1) is 5.41 Å². The lowest BCUT2D eigenvalue weighted by Crippen LogP contribution is -2.36. The molecule has 0 atom stereocenters. The van der Waals surface area contributed by atoms with Crippen molar-refractivity contribution in [3.63, 3.8) is 0 Å². The molecule has 7 heteroatoms. The number of aromatic nitrogens is 4. The van der Waals surface area contributed by atoms with Crippen LogP contribution in [0.15, 0.2) is 30.6 Å². The van der Waals surface area contributed by atoms with Crippen LogP contribution in [-0.2, 0) is 17.9 Å². The zero-order valence-electron chi connectivity index (χ0n) is 13.6. The Bertz CT molecular complexity index is 667. The molecule has 1 heterocycles. The Hall–Kier alpha value is -1.95. The van der Waals surface area contributed by atoms with Crippen molar-refractivity contribution in [2.24, 2.45) is 5.41 Å². The quantitative estimate of drug-likeness (QED) is 0.871. The van der Waals surface area contributed by atoms with Crippen LogP contribution in [0.4, 0.5) is 0 Å². The van der Waals surface area contributed by atoms with Crippen LogP contribution in [0.2, 0.25) is 5.02 Å². The molecule has 1 amide bonds. The van der Waals surface area contributed by atoms with Crippen LogP contribution in [0.5, 0.6) is 0 Å². The van der Waals surface area contributed by atoms with Gasteiger partial charge in [-0.1, -0.05) is 49.1 Å². The van der Waals surface area contributed by atoms with Crippen molar-refractivity contribution in [2.45, 2.75) is 51.6 Å². The largest absolute Gasteiger partial charge is 0.352 e. The van der Waals surface area contributed by atoms with Crippen LogP contribution < -0.4 is 5.32 Å². The number of amides is 1. The summed E-state index contributed by atoms with van der Waals surface area (Å²) in [5.41, 5.74) is 0.878. The van der Waals surface area contributed by atoms with Crippen molar-refractivity contribution < 1.29 is 4.79 Å². The Labute approximate surface area is 146 Å². The highest BCUT2D eigenvalue weighted by Gasteiger charge is 2.35. The van der Waals surface area contributed by atoms with Gasteiger partial charge in [0, 0.05) is 18.0 Å². The number of hydrogen-bond acceptors (Lipinski definition) is 4. The zero-order valence-corrected chi connectivity index (χ0v) is 14.4. The number of hydrogen-bond donors (Lipinski definition) is 1. The summed E-state index contributed by atoms with van der Waals surface area (Å²) in [6.45, 7) is 1.15. The molecule has 24 heavy (non-hydrogen) atoms. The average molecular weight is 348 g/mol. The number of halogens is 1. The van der Waals surface area contributed by atoms with E-state index >= 15 is 0 Å². The first-order valence-corrected chi connectivity index (χ1v) is 8.76. The number of benzene rings is 1. The molecule has 0 saturated heterocycles. The van der Waals surface area contributed by atoms with Crippen molar-refractivity contribution in [3.05, 3.63) is 41.2 Å². The van der Waals surface area contributed by atoms with Crippen LogP contribution in [0.1, 0.15) is 44.1 Å². The van der Waals surface area contributed by atoms with E-state index < -0.39 is 0 Å². The SMILES string of the molecule is O=C(CC1(Cn2cnnn2)CCCCC1)NCc1ccccc1Cl. The summed E-state index contributed by atoms with van der Waals surface area (Å²) in [5, 5.41) is 15.1. The van der Waals surface area contributed by atoms with Gasteiger partial charge >= 0.3 is 0 Å². The van der Waals surface area contributed by atoms with E-state index in [-0.39, 0.29) is 11.3 Å². The Morgan fingerprint density at radius 2 is 2.04 bits per heavy atom. The Morgan fingerprint density at radius 3 is 2.75 bits per heavy atom. The topological polar surface area (TPSA) is 72.7 Å². The lowest BCUT2D eigenvalue weighted by atomic mass is 9.71. The fourth-order valence-corrected chi connectivity index (χ4v) is 3.73. The van der Waals surface area contributed by atoms with Gasteiger partial charge in [-0.2, -0.15) is 0 Å². The lowest BCUT2D eigenvalue weighted by molar-refractivity contribution is -0.124.